The number of piperidine rings is 1. The van der Waals surface area contributed by atoms with Crippen molar-refractivity contribution in [3.8, 4) is 0 Å². The Hall–Kier alpha value is -1.01. The van der Waals surface area contributed by atoms with Gasteiger partial charge < -0.3 is 9.80 Å². The molecule has 0 aliphatic carbocycles. The summed E-state index contributed by atoms with van der Waals surface area (Å²) in [6, 6.07) is 0. The van der Waals surface area contributed by atoms with Gasteiger partial charge in [-0.15, -0.1) is 5.10 Å². The molecule has 2 aliphatic rings. The molecule has 1 aromatic heterocycles. The molecule has 1 aromatic rings. The summed E-state index contributed by atoms with van der Waals surface area (Å²) in [5, 5.41) is 5.65. The molecule has 0 saturated carbocycles. The van der Waals surface area contributed by atoms with Crippen LogP contribution in [0.15, 0.2) is 5.38 Å². The molecule has 3 heterocycles. The minimum atomic E-state index is 0.0537. The van der Waals surface area contributed by atoms with E-state index >= 15 is 0 Å². The summed E-state index contributed by atoms with van der Waals surface area (Å²) in [5.41, 5.74) is 0.886. The Morgan fingerprint density at radius 2 is 1.91 bits per heavy atom. The van der Waals surface area contributed by atoms with E-state index in [1.54, 1.807) is 5.38 Å². The maximum Gasteiger partial charge on any atom is 0.275 e. The van der Waals surface area contributed by atoms with E-state index in [-0.39, 0.29) is 5.91 Å². The summed E-state index contributed by atoms with van der Waals surface area (Å²) < 4.78 is 3.79. The van der Waals surface area contributed by atoms with Gasteiger partial charge >= 0.3 is 0 Å². The lowest BCUT2D eigenvalue weighted by Gasteiger charge is -2.35. The number of nitrogens with zero attached hydrogens (tertiary/aromatic N) is 4. The molecule has 2 saturated heterocycles. The average Bonchev–Trinajstić information content (AvgIpc) is 3.16. The maximum absolute atomic E-state index is 12.3. The van der Waals surface area contributed by atoms with Gasteiger partial charge in [0.25, 0.3) is 5.91 Å². The molecule has 6 heteroatoms. The van der Waals surface area contributed by atoms with Crippen LogP contribution in [0.2, 0.25) is 0 Å². The second-order valence-corrected chi connectivity index (χ2v) is 8.87. The highest BCUT2D eigenvalue weighted by atomic mass is 32.1. The molecule has 5 nitrogen and oxygen atoms in total. The number of carbonyl (C=O) groups is 1. The quantitative estimate of drug-likeness (QED) is 0.851. The fraction of sp³-hybridized carbons (Fsp3) is 0.824. The van der Waals surface area contributed by atoms with E-state index in [1.807, 2.05) is 4.90 Å². The Labute approximate surface area is 143 Å². The van der Waals surface area contributed by atoms with E-state index in [0.717, 1.165) is 37.8 Å². The van der Waals surface area contributed by atoms with Crippen LogP contribution in [0.4, 0.5) is 0 Å². The van der Waals surface area contributed by atoms with Crippen LogP contribution in [0.25, 0.3) is 0 Å². The Morgan fingerprint density at radius 1 is 1.22 bits per heavy atom. The van der Waals surface area contributed by atoms with Crippen LogP contribution < -0.4 is 0 Å². The summed E-state index contributed by atoms with van der Waals surface area (Å²) in [5.74, 6) is 1.64. The van der Waals surface area contributed by atoms with Gasteiger partial charge in [0.1, 0.15) is 0 Å². The molecular weight excluding hydrogens is 308 g/mol. The lowest BCUT2D eigenvalue weighted by Crippen LogP contribution is -2.40. The molecule has 3 rings (SSSR count). The van der Waals surface area contributed by atoms with Gasteiger partial charge in [-0.05, 0) is 54.6 Å². The number of rotatable bonds is 3. The Balaban J connectivity index is 1.47. The van der Waals surface area contributed by atoms with Gasteiger partial charge in [-0.3, -0.25) is 4.79 Å². The van der Waals surface area contributed by atoms with E-state index in [0.29, 0.717) is 11.1 Å². The highest BCUT2D eigenvalue weighted by molar-refractivity contribution is 7.03. The fourth-order valence-corrected chi connectivity index (χ4v) is 4.49. The minimum Gasteiger partial charge on any atom is -0.337 e. The van der Waals surface area contributed by atoms with Crippen LogP contribution >= 0.6 is 11.5 Å². The Bertz CT molecular complexity index is 517. The van der Waals surface area contributed by atoms with Crippen molar-refractivity contribution in [2.75, 3.05) is 32.7 Å². The molecule has 2 aliphatic heterocycles. The summed E-state index contributed by atoms with van der Waals surface area (Å²) in [6.45, 7) is 12.4. The molecule has 23 heavy (non-hydrogen) atoms. The summed E-state index contributed by atoms with van der Waals surface area (Å²) >= 11 is 1.24. The smallest absolute Gasteiger partial charge is 0.275 e. The predicted octanol–water partition coefficient (Wildman–Crippen LogP) is 2.76. The minimum absolute atomic E-state index is 0.0537. The molecule has 0 radical (unpaired) electrons. The summed E-state index contributed by atoms with van der Waals surface area (Å²) in [6.07, 6.45) is 3.60. The molecule has 0 aromatic carbocycles. The van der Waals surface area contributed by atoms with Crippen LogP contribution in [0.3, 0.4) is 0 Å². The Morgan fingerprint density at radius 3 is 2.52 bits per heavy atom. The van der Waals surface area contributed by atoms with Gasteiger partial charge in [-0.25, -0.2) is 0 Å². The molecule has 0 bridgehead atoms. The molecule has 0 N–H and O–H groups in total. The SMILES string of the molecule is CC(C)(C)CN1CCC(C2CCN(C(=O)c3csnn3)CC2)C1. The lowest BCUT2D eigenvalue weighted by molar-refractivity contribution is 0.0651. The number of hydrogen-bond donors (Lipinski definition) is 0. The maximum atomic E-state index is 12.3. The first-order valence-corrected chi connectivity index (χ1v) is 9.55. The number of amides is 1. The largest absolute Gasteiger partial charge is 0.337 e. The van der Waals surface area contributed by atoms with Crippen molar-refractivity contribution in [3.05, 3.63) is 11.1 Å². The van der Waals surface area contributed by atoms with Crippen molar-refractivity contribution in [3.63, 3.8) is 0 Å². The second kappa shape index (κ2) is 6.85. The van der Waals surface area contributed by atoms with Gasteiger partial charge in [-0.2, -0.15) is 0 Å². The van der Waals surface area contributed by atoms with Crippen LogP contribution in [-0.2, 0) is 0 Å². The normalized spacial score (nSPS) is 24.3. The zero-order valence-corrected chi connectivity index (χ0v) is 15.3. The first-order chi connectivity index (χ1) is 10.9. The Kier molecular flexibility index (Phi) is 5.01. The van der Waals surface area contributed by atoms with E-state index in [4.69, 9.17) is 0 Å². The summed E-state index contributed by atoms with van der Waals surface area (Å²) in [4.78, 5) is 16.9. The van der Waals surface area contributed by atoms with E-state index in [2.05, 4.69) is 35.3 Å². The zero-order valence-electron chi connectivity index (χ0n) is 14.5. The first-order valence-electron chi connectivity index (χ1n) is 8.71. The molecule has 128 valence electrons. The monoisotopic (exact) mass is 336 g/mol. The third-order valence-corrected chi connectivity index (χ3v) is 5.58. The van der Waals surface area contributed by atoms with Crippen LogP contribution in [0.1, 0.15) is 50.5 Å². The van der Waals surface area contributed by atoms with E-state index < -0.39 is 0 Å². The molecule has 0 spiro atoms. The third-order valence-electron chi connectivity index (χ3n) is 5.08. The zero-order chi connectivity index (χ0) is 16.4. The van der Waals surface area contributed by atoms with Gasteiger partial charge in [0.2, 0.25) is 0 Å². The highest BCUT2D eigenvalue weighted by Gasteiger charge is 2.34. The van der Waals surface area contributed by atoms with Gasteiger partial charge in [-0.1, -0.05) is 25.3 Å². The van der Waals surface area contributed by atoms with E-state index in [9.17, 15) is 4.79 Å². The fourth-order valence-electron chi connectivity index (χ4n) is 4.06. The van der Waals surface area contributed by atoms with Crippen LogP contribution in [0, 0.1) is 17.3 Å². The van der Waals surface area contributed by atoms with Crippen LogP contribution in [0.5, 0.6) is 0 Å². The number of carbonyl (C=O) groups excluding carboxylic acids is 1. The molecule has 2 fully saturated rings. The van der Waals surface area contributed by atoms with Crippen molar-refractivity contribution in [1.29, 1.82) is 0 Å². The highest BCUT2D eigenvalue weighted by Crippen LogP contribution is 2.33. The first kappa shape index (κ1) is 16.8. The van der Waals surface area contributed by atoms with Gasteiger partial charge in [0.15, 0.2) is 5.69 Å². The molecule has 1 unspecified atom stereocenters. The standard InChI is InChI=1S/C17H28N4OS/c1-17(2,3)12-20-7-4-14(10-20)13-5-8-21(9-6-13)16(22)15-11-23-19-18-15/h11,13-14H,4-10,12H2,1-3H3. The number of hydrogen-bond acceptors (Lipinski definition) is 5. The van der Waals surface area contributed by atoms with Crippen LogP contribution in [-0.4, -0.2) is 58.0 Å². The summed E-state index contributed by atoms with van der Waals surface area (Å²) in [7, 11) is 0. The van der Waals surface area contributed by atoms with Crippen molar-refractivity contribution in [2.45, 2.75) is 40.0 Å². The second-order valence-electron chi connectivity index (χ2n) is 8.26. The third kappa shape index (κ3) is 4.29. The molecular formula is C17H28N4OS. The molecule has 1 atom stereocenters. The number of likely N-dealkylation sites (tertiary alicyclic amines) is 2. The average molecular weight is 337 g/mol. The predicted molar refractivity (Wildman–Crippen MR) is 92.5 cm³/mol. The topological polar surface area (TPSA) is 49.3 Å². The van der Waals surface area contributed by atoms with E-state index in [1.165, 1.54) is 37.6 Å². The molecule has 1 amide bonds. The van der Waals surface area contributed by atoms with Gasteiger partial charge in [0.05, 0.1) is 0 Å². The van der Waals surface area contributed by atoms with Crippen molar-refractivity contribution in [2.24, 2.45) is 17.3 Å². The van der Waals surface area contributed by atoms with Crippen molar-refractivity contribution in [1.82, 2.24) is 19.4 Å². The van der Waals surface area contributed by atoms with Gasteiger partial charge in [0, 0.05) is 31.6 Å². The lowest BCUT2D eigenvalue weighted by atomic mass is 9.83. The number of aromatic nitrogens is 2. The van der Waals surface area contributed by atoms with Crippen molar-refractivity contribution < 1.29 is 4.79 Å². The van der Waals surface area contributed by atoms with Crippen molar-refractivity contribution >= 4 is 17.4 Å².